The maximum Gasteiger partial charge on any atom is 0.350 e. The Balaban J connectivity index is 1.92. The number of aliphatic hydroxyl groups excluding tert-OH is 1. The number of carbonyl (C=O) groups is 3. The third-order valence-electron chi connectivity index (χ3n) is 5.15. The van der Waals surface area contributed by atoms with E-state index >= 15 is 0 Å². The minimum Gasteiger partial charge on any atom is -0.507 e. The lowest BCUT2D eigenvalue weighted by Crippen LogP contribution is -2.29. The van der Waals surface area contributed by atoms with Crippen molar-refractivity contribution in [3.63, 3.8) is 0 Å². The van der Waals surface area contributed by atoms with E-state index in [1.165, 1.54) is 25.3 Å². The van der Waals surface area contributed by atoms with Crippen LogP contribution in [0.5, 0.6) is 5.75 Å². The molecular weight excluding hydrogens is 446 g/mol. The Morgan fingerprint density at radius 1 is 1.18 bits per heavy atom. The van der Waals surface area contributed by atoms with E-state index < -0.39 is 23.7 Å². The first-order valence-electron chi connectivity index (χ1n) is 9.78. The van der Waals surface area contributed by atoms with Gasteiger partial charge in [0.05, 0.1) is 31.5 Å². The number of thiazole rings is 1. The summed E-state index contributed by atoms with van der Waals surface area (Å²) in [5.74, 6) is -2.23. The van der Waals surface area contributed by atoms with Gasteiger partial charge in [0.15, 0.2) is 5.13 Å². The standard InChI is InChI=1S/C23H19N3O6S/c1-12-20(22(30)32-3)33-23(25-12)26-17(14-7-5-9-24-11-14)16(19(28)21(26)29)18(27)13-6-4-8-15(10-13)31-2/h4-11,17,27H,1-3H3/b18-16+. The second kappa shape index (κ2) is 8.83. The molecule has 3 aromatic rings. The van der Waals surface area contributed by atoms with Crippen molar-refractivity contribution in [2.24, 2.45) is 0 Å². The van der Waals surface area contributed by atoms with Crippen LogP contribution in [-0.2, 0) is 14.3 Å². The van der Waals surface area contributed by atoms with Crippen LogP contribution in [0.1, 0.15) is 32.5 Å². The summed E-state index contributed by atoms with van der Waals surface area (Å²) >= 11 is 0.932. The quantitative estimate of drug-likeness (QED) is 0.264. The van der Waals surface area contributed by atoms with Gasteiger partial charge in [-0.1, -0.05) is 29.5 Å². The smallest absolute Gasteiger partial charge is 0.350 e. The first kappa shape index (κ1) is 22.2. The van der Waals surface area contributed by atoms with E-state index in [4.69, 9.17) is 9.47 Å². The second-order valence-corrected chi connectivity index (χ2v) is 8.07. The van der Waals surface area contributed by atoms with E-state index in [1.54, 1.807) is 49.5 Å². The number of anilines is 1. The molecule has 1 aliphatic heterocycles. The molecule has 3 heterocycles. The monoisotopic (exact) mass is 465 g/mol. The van der Waals surface area contributed by atoms with Crippen LogP contribution in [0.15, 0.2) is 54.4 Å². The molecule has 0 bridgehead atoms. The largest absolute Gasteiger partial charge is 0.507 e. The molecule has 1 N–H and O–H groups in total. The molecule has 0 saturated carbocycles. The van der Waals surface area contributed by atoms with Gasteiger partial charge in [-0.3, -0.25) is 19.5 Å². The molecule has 1 fully saturated rings. The van der Waals surface area contributed by atoms with Gasteiger partial charge in [0.25, 0.3) is 5.78 Å². The Kier molecular flexibility index (Phi) is 5.93. The number of carbonyl (C=O) groups excluding carboxylic acids is 3. The third kappa shape index (κ3) is 3.85. The molecule has 0 radical (unpaired) electrons. The van der Waals surface area contributed by atoms with Gasteiger partial charge in [-0.25, -0.2) is 9.78 Å². The maximum atomic E-state index is 13.2. The van der Waals surface area contributed by atoms with Gasteiger partial charge in [-0.15, -0.1) is 0 Å². The zero-order valence-electron chi connectivity index (χ0n) is 17.9. The Hall–Kier alpha value is -4.05. The van der Waals surface area contributed by atoms with Crippen molar-refractivity contribution in [3.05, 3.63) is 76.1 Å². The molecule has 1 saturated heterocycles. The van der Waals surface area contributed by atoms with Crippen LogP contribution in [-0.4, -0.2) is 47.0 Å². The van der Waals surface area contributed by atoms with E-state index in [9.17, 15) is 19.5 Å². The fourth-order valence-electron chi connectivity index (χ4n) is 3.58. The minimum atomic E-state index is -0.999. The highest BCUT2D eigenvalue weighted by atomic mass is 32.1. The Morgan fingerprint density at radius 3 is 2.64 bits per heavy atom. The van der Waals surface area contributed by atoms with Crippen LogP contribution in [0.4, 0.5) is 5.13 Å². The lowest BCUT2D eigenvalue weighted by atomic mass is 9.96. The summed E-state index contributed by atoms with van der Waals surface area (Å²) in [4.78, 5) is 48.2. The Morgan fingerprint density at radius 2 is 1.97 bits per heavy atom. The molecule has 1 aromatic carbocycles. The number of nitrogens with zero attached hydrogens (tertiary/aromatic N) is 3. The average Bonchev–Trinajstić information content (AvgIpc) is 3.35. The van der Waals surface area contributed by atoms with Crippen LogP contribution < -0.4 is 9.64 Å². The first-order valence-corrected chi connectivity index (χ1v) is 10.6. The molecule has 1 atom stereocenters. The van der Waals surface area contributed by atoms with E-state index in [0.717, 1.165) is 11.3 Å². The molecule has 33 heavy (non-hydrogen) atoms. The van der Waals surface area contributed by atoms with Crippen LogP contribution in [0.2, 0.25) is 0 Å². The number of benzene rings is 1. The molecule has 1 amide bonds. The summed E-state index contributed by atoms with van der Waals surface area (Å²) in [5.41, 5.74) is 1.05. The van der Waals surface area contributed by atoms with Crippen molar-refractivity contribution in [2.75, 3.05) is 19.1 Å². The molecule has 10 heteroatoms. The summed E-state index contributed by atoms with van der Waals surface area (Å²) < 4.78 is 9.99. The normalized spacial score (nSPS) is 17.3. The zero-order chi connectivity index (χ0) is 23.7. The molecule has 9 nitrogen and oxygen atoms in total. The number of hydrogen-bond donors (Lipinski definition) is 1. The fourth-order valence-corrected chi connectivity index (χ4v) is 4.59. The number of pyridine rings is 1. The molecule has 0 spiro atoms. The number of rotatable bonds is 5. The summed E-state index contributed by atoms with van der Waals surface area (Å²) in [5, 5.41) is 11.3. The van der Waals surface area contributed by atoms with Gasteiger partial charge in [-0.05, 0) is 30.7 Å². The molecule has 1 aliphatic rings. The number of aryl methyl sites for hydroxylation is 1. The van der Waals surface area contributed by atoms with Crippen molar-refractivity contribution in [2.45, 2.75) is 13.0 Å². The van der Waals surface area contributed by atoms with Crippen molar-refractivity contribution in [1.82, 2.24) is 9.97 Å². The molecule has 4 rings (SSSR count). The predicted molar refractivity (Wildman–Crippen MR) is 120 cm³/mol. The van der Waals surface area contributed by atoms with Crippen LogP contribution >= 0.6 is 11.3 Å². The zero-order valence-corrected chi connectivity index (χ0v) is 18.8. The molecule has 2 aromatic heterocycles. The molecule has 0 aliphatic carbocycles. The van der Waals surface area contributed by atoms with Gasteiger partial charge < -0.3 is 14.6 Å². The van der Waals surface area contributed by atoms with Gasteiger partial charge in [0.1, 0.15) is 16.4 Å². The lowest BCUT2D eigenvalue weighted by Gasteiger charge is -2.22. The summed E-state index contributed by atoms with van der Waals surface area (Å²) in [6, 6.07) is 8.88. The van der Waals surface area contributed by atoms with Crippen molar-refractivity contribution < 1.29 is 29.0 Å². The first-order chi connectivity index (χ1) is 15.9. The van der Waals surface area contributed by atoms with Crippen molar-refractivity contribution in [3.8, 4) is 5.75 Å². The summed E-state index contributed by atoms with van der Waals surface area (Å²) in [7, 11) is 2.73. The number of aliphatic hydroxyl groups is 1. The van der Waals surface area contributed by atoms with Crippen molar-refractivity contribution >= 4 is 39.9 Å². The fraction of sp³-hybridized carbons (Fsp3) is 0.174. The Bertz CT molecular complexity index is 1280. The van der Waals surface area contributed by atoms with Gasteiger partial charge in [0, 0.05) is 18.0 Å². The van der Waals surface area contributed by atoms with Gasteiger partial charge in [0.2, 0.25) is 0 Å². The average molecular weight is 465 g/mol. The second-order valence-electron chi connectivity index (χ2n) is 7.09. The van der Waals surface area contributed by atoms with Gasteiger partial charge in [-0.2, -0.15) is 0 Å². The molecule has 168 valence electrons. The van der Waals surface area contributed by atoms with Crippen LogP contribution in [0.3, 0.4) is 0 Å². The highest BCUT2D eigenvalue weighted by Crippen LogP contribution is 2.43. The third-order valence-corrected chi connectivity index (χ3v) is 6.29. The molecule has 1 unspecified atom stereocenters. The summed E-state index contributed by atoms with van der Waals surface area (Å²) in [6.45, 7) is 1.61. The van der Waals surface area contributed by atoms with E-state index in [-0.39, 0.29) is 21.3 Å². The lowest BCUT2D eigenvalue weighted by molar-refractivity contribution is -0.132. The number of esters is 1. The number of aromatic nitrogens is 2. The highest BCUT2D eigenvalue weighted by molar-refractivity contribution is 7.17. The van der Waals surface area contributed by atoms with Crippen LogP contribution in [0, 0.1) is 6.92 Å². The number of hydrogen-bond acceptors (Lipinski definition) is 9. The highest BCUT2D eigenvalue weighted by Gasteiger charge is 2.48. The van der Waals surface area contributed by atoms with Gasteiger partial charge >= 0.3 is 11.9 Å². The topological polar surface area (TPSA) is 119 Å². The number of ether oxygens (including phenoxy) is 2. The molecular formula is C23H19N3O6S. The Labute approximate surface area is 192 Å². The number of Topliss-reactive ketones (excluding diaryl/α,β-unsaturated/α-hetero) is 1. The SMILES string of the molecule is COC(=O)c1sc(N2C(=O)C(=O)/C(=C(/O)c3cccc(OC)c3)C2c2cccnc2)nc1C. The minimum absolute atomic E-state index is 0.117. The number of methoxy groups -OCH3 is 2. The number of amides is 1. The number of ketones is 1. The summed E-state index contributed by atoms with van der Waals surface area (Å²) in [6.07, 6.45) is 3.06. The van der Waals surface area contributed by atoms with E-state index in [1.807, 2.05) is 0 Å². The van der Waals surface area contributed by atoms with E-state index in [0.29, 0.717) is 22.6 Å². The predicted octanol–water partition coefficient (Wildman–Crippen LogP) is 3.27. The maximum absolute atomic E-state index is 13.2. The van der Waals surface area contributed by atoms with Crippen molar-refractivity contribution in [1.29, 1.82) is 0 Å². The van der Waals surface area contributed by atoms with E-state index in [2.05, 4.69) is 9.97 Å². The van der Waals surface area contributed by atoms with Crippen LogP contribution in [0.25, 0.3) is 5.76 Å².